The first-order valence-electron chi connectivity index (χ1n) is 6.21. The molecule has 0 radical (unpaired) electrons. The molecule has 0 unspecified atom stereocenters. The normalized spacial score (nSPS) is 10.9. The average molecular weight is 313 g/mol. The van der Waals surface area contributed by atoms with Crippen molar-refractivity contribution in [1.82, 2.24) is 10.4 Å². The summed E-state index contributed by atoms with van der Waals surface area (Å²) < 4.78 is 0. The minimum absolute atomic E-state index is 0.304. The summed E-state index contributed by atoms with van der Waals surface area (Å²) in [4.78, 5) is 17.3. The number of thiazole rings is 1. The lowest BCUT2D eigenvalue weighted by atomic mass is 10.2. The molecule has 0 aliphatic carbocycles. The highest BCUT2D eigenvalue weighted by Gasteiger charge is 2.11. The first-order chi connectivity index (χ1) is 10.3. The smallest absolute Gasteiger partial charge is 0.266 e. The number of hydrazone groups is 1. The molecule has 4 nitrogen and oxygen atoms in total. The number of aromatic nitrogens is 1. The molecule has 2 heterocycles. The van der Waals surface area contributed by atoms with Crippen LogP contribution in [0.3, 0.4) is 0 Å². The third-order valence-corrected chi connectivity index (χ3v) is 4.53. The summed E-state index contributed by atoms with van der Waals surface area (Å²) in [6.07, 6.45) is 1.60. The second-order valence-electron chi connectivity index (χ2n) is 4.13. The van der Waals surface area contributed by atoms with Crippen LogP contribution in [0, 0.1) is 0 Å². The van der Waals surface area contributed by atoms with Crippen molar-refractivity contribution in [2.24, 2.45) is 5.10 Å². The van der Waals surface area contributed by atoms with Gasteiger partial charge in [0.1, 0.15) is 10.7 Å². The van der Waals surface area contributed by atoms with E-state index in [0.29, 0.717) is 5.69 Å². The zero-order chi connectivity index (χ0) is 14.5. The minimum atomic E-state index is -0.304. The lowest BCUT2D eigenvalue weighted by Gasteiger charge is -1.95. The van der Waals surface area contributed by atoms with E-state index in [-0.39, 0.29) is 5.91 Å². The number of thiophene rings is 1. The van der Waals surface area contributed by atoms with Crippen molar-refractivity contribution in [3.05, 3.63) is 64.5 Å². The molecule has 21 heavy (non-hydrogen) atoms. The fraction of sp³-hybridized carbons (Fsp3) is 0. The van der Waals surface area contributed by atoms with Crippen LogP contribution in [0.1, 0.15) is 16.1 Å². The second kappa shape index (κ2) is 6.43. The van der Waals surface area contributed by atoms with E-state index in [9.17, 15) is 4.79 Å². The monoisotopic (exact) mass is 313 g/mol. The van der Waals surface area contributed by atoms with Gasteiger partial charge in [-0.05, 0) is 17.0 Å². The van der Waals surface area contributed by atoms with E-state index in [1.165, 1.54) is 11.3 Å². The number of rotatable bonds is 4. The van der Waals surface area contributed by atoms with Crippen LogP contribution in [0.4, 0.5) is 0 Å². The Labute approximate surface area is 129 Å². The van der Waals surface area contributed by atoms with Gasteiger partial charge in [-0.3, -0.25) is 4.79 Å². The van der Waals surface area contributed by atoms with Gasteiger partial charge in [0.2, 0.25) is 0 Å². The van der Waals surface area contributed by atoms with Crippen LogP contribution in [-0.4, -0.2) is 17.1 Å². The van der Waals surface area contributed by atoms with Gasteiger partial charge >= 0.3 is 0 Å². The number of nitrogens with zero attached hydrogens (tertiary/aromatic N) is 2. The van der Waals surface area contributed by atoms with Crippen LogP contribution >= 0.6 is 22.7 Å². The highest BCUT2D eigenvalue weighted by atomic mass is 32.1. The quantitative estimate of drug-likeness (QED) is 0.590. The van der Waals surface area contributed by atoms with Crippen LogP contribution in [-0.2, 0) is 0 Å². The molecule has 0 aliphatic heterocycles. The van der Waals surface area contributed by atoms with Gasteiger partial charge in [-0.25, -0.2) is 10.4 Å². The molecule has 1 N–H and O–H groups in total. The molecule has 0 saturated heterocycles. The first kappa shape index (κ1) is 13.7. The van der Waals surface area contributed by atoms with Crippen molar-refractivity contribution in [3.63, 3.8) is 0 Å². The number of carbonyl (C=O) groups excluding carboxylic acids is 1. The highest BCUT2D eigenvalue weighted by molar-refractivity contribution is 7.20. The predicted octanol–water partition coefficient (Wildman–Crippen LogP) is 3.64. The van der Waals surface area contributed by atoms with Crippen molar-refractivity contribution in [1.29, 1.82) is 0 Å². The number of nitrogens with one attached hydrogen (secondary N) is 1. The topological polar surface area (TPSA) is 54.4 Å². The van der Waals surface area contributed by atoms with Crippen LogP contribution in [0.2, 0.25) is 0 Å². The van der Waals surface area contributed by atoms with E-state index in [1.807, 2.05) is 47.8 Å². The summed E-state index contributed by atoms with van der Waals surface area (Å²) in [7, 11) is 0. The van der Waals surface area contributed by atoms with Gasteiger partial charge < -0.3 is 0 Å². The Kier molecular flexibility index (Phi) is 4.18. The maximum Gasteiger partial charge on any atom is 0.290 e. The number of hydrogen-bond donors (Lipinski definition) is 1. The van der Waals surface area contributed by atoms with Gasteiger partial charge in [0.05, 0.1) is 11.1 Å². The second-order valence-corrected chi connectivity index (χ2v) is 5.93. The molecular weight excluding hydrogens is 302 g/mol. The zero-order valence-electron chi connectivity index (χ0n) is 10.9. The van der Waals surface area contributed by atoms with Gasteiger partial charge in [0.25, 0.3) is 5.91 Å². The molecule has 0 saturated carbocycles. The lowest BCUT2D eigenvalue weighted by Crippen LogP contribution is -2.17. The Bertz CT molecular complexity index is 748. The molecule has 1 aromatic carbocycles. The van der Waals surface area contributed by atoms with Crippen molar-refractivity contribution in [2.75, 3.05) is 0 Å². The van der Waals surface area contributed by atoms with Gasteiger partial charge in [-0.15, -0.1) is 22.7 Å². The van der Waals surface area contributed by atoms with E-state index in [4.69, 9.17) is 0 Å². The van der Waals surface area contributed by atoms with Crippen molar-refractivity contribution >= 4 is 34.8 Å². The van der Waals surface area contributed by atoms with Crippen LogP contribution < -0.4 is 5.43 Å². The fourth-order valence-electron chi connectivity index (χ4n) is 1.65. The van der Waals surface area contributed by atoms with Crippen molar-refractivity contribution < 1.29 is 4.79 Å². The summed E-state index contributed by atoms with van der Waals surface area (Å²) in [5, 5.41) is 8.51. The van der Waals surface area contributed by atoms with Gasteiger partial charge in [-0.1, -0.05) is 36.4 Å². The summed E-state index contributed by atoms with van der Waals surface area (Å²) in [5.41, 5.74) is 3.79. The molecule has 0 atom stereocenters. The fourth-order valence-corrected chi connectivity index (χ4v) is 3.27. The van der Waals surface area contributed by atoms with E-state index in [0.717, 1.165) is 15.4 Å². The third-order valence-electron chi connectivity index (χ3n) is 2.65. The summed E-state index contributed by atoms with van der Waals surface area (Å²) in [6.45, 7) is 0. The van der Waals surface area contributed by atoms with Crippen LogP contribution in [0.15, 0.2) is 58.3 Å². The van der Waals surface area contributed by atoms with Crippen LogP contribution in [0.5, 0.6) is 0 Å². The molecule has 0 aliphatic rings. The Morgan fingerprint density at radius 2 is 2.00 bits per heavy atom. The summed E-state index contributed by atoms with van der Waals surface area (Å²) >= 11 is 3.05. The first-order valence-corrected chi connectivity index (χ1v) is 7.97. The average Bonchev–Trinajstić information content (AvgIpc) is 3.19. The Balaban J connectivity index is 1.65. The maximum atomic E-state index is 11.9. The molecule has 6 heteroatoms. The Hall–Kier alpha value is -2.31. The highest BCUT2D eigenvalue weighted by Crippen LogP contribution is 2.27. The van der Waals surface area contributed by atoms with Gasteiger partial charge in [-0.2, -0.15) is 5.10 Å². The standard InChI is InChI=1S/C15H11N3OS2/c19-14(18-16-9-11-5-2-1-3-6-11)12-10-21-15(17-12)13-7-4-8-20-13/h1-10H,(H,18,19)/b16-9+. The van der Waals surface area contributed by atoms with E-state index in [2.05, 4.69) is 15.5 Å². The third kappa shape index (κ3) is 3.42. The molecule has 104 valence electrons. The number of hydrogen-bond acceptors (Lipinski definition) is 5. The molecule has 0 fully saturated rings. The Morgan fingerprint density at radius 1 is 1.14 bits per heavy atom. The molecule has 2 aromatic heterocycles. The molecule has 0 spiro atoms. The number of benzene rings is 1. The van der Waals surface area contributed by atoms with Crippen LogP contribution in [0.25, 0.3) is 9.88 Å². The van der Waals surface area contributed by atoms with E-state index < -0.39 is 0 Å². The molecular formula is C15H11N3OS2. The van der Waals surface area contributed by atoms with Gasteiger partial charge in [0, 0.05) is 5.38 Å². The summed E-state index contributed by atoms with van der Waals surface area (Å²) in [5.74, 6) is -0.304. The van der Waals surface area contributed by atoms with E-state index in [1.54, 1.807) is 22.9 Å². The minimum Gasteiger partial charge on any atom is -0.266 e. The number of carbonyl (C=O) groups is 1. The van der Waals surface area contributed by atoms with E-state index >= 15 is 0 Å². The number of amides is 1. The lowest BCUT2D eigenvalue weighted by molar-refractivity contribution is 0.0951. The Morgan fingerprint density at radius 3 is 2.76 bits per heavy atom. The molecule has 0 bridgehead atoms. The van der Waals surface area contributed by atoms with Crippen molar-refractivity contribution in [2.45, 2.75) is 0 Å². The molecule has 3 aromatic rings. The molecule has 1 amide bonds. The SMILES string of the molecule is O=C(N/N=C/c1ccccc1)c1csc(-c2cccs2)n1. The predicted molar refractivity (Wildman–Crippen MR) is 86.9 cm³/mol. The van der Waals surface area contributed by atoms with Crippen molar-refractivity contribution in [3.8, 4) is 9.88 Å². The molecule has 3 rings (SSSR count). The zero-order valence-corrected chi connectivity index (χ0v) is 12.5. The maximum absolute atomic E-state index is 11.9. The van der Waals surface area contributed by atoms with Gasteiger partial charge in [0.15, 0.2) is 0 Å². The largest absolute Gasteiger partial charge is 0.290 e. The summed E-state index contributed by atoms with van der Waals surface area (Å²) in [6, 6.07) is 13.5.